The molecule has 7 heteroatoms. The number of phenols is 1. The molecule has 0 amide bonds. The summed E-state index contributed by atoms with van der Waals surface area (Å²) in [6.07, 6.45) is 0. The van der Waals surface area contributed by atoms with Gasteiger partial charge in [-0.15, -0.1) is 5.10 Å². The molecular weight excluding hydrogens is 261 g/mol. The first-order valence-corrected chi connectivity index (χ1v) is 6.53. The molecule has 2 aromatic rings. The molecule has 6 nitrogen and oxygen atoms in total. The Hall–Kier alpha value is -2.15. The second-order valence-electron chi connectivity index (χ2n) is 4.95. The van der Waals surface area contributed by atoms with Crippen LogP contribution >= 0.6 is 0 Å². The number of benzene rings is 1. The van der Waals surface area contributed by atoms with E-state index in [2.05, 4.69) is 32.3 Å². The van der Waals surface area contributed by atoms with Gasteiger partial charge in [0, 0.05) is 31.7 Å². The van der Waals surface area contributed by atoms with Crippen molar-refractivity contribution in [1.82, 2.24) is 20.5 Å². The van der Waals surface area contributed by atoms with Crippen molar-refractivity contribution in [3.63, 3.8) is 0 Å². The normalized spacial score (nSPS) is 19.3. The topological polar surface area (TPSA) is 77.1 Å². The minimum absolute atomic E-state index is 0.109. The van der Waals surface area contributed by atoms with Crippen LogP contribution in [0.25, 0.3) is 11.4 Å². The van der Waals surface area contributed by atoms with Gasteiger partial charge in [0.25, 0.3) is 0 Å². The molecule has 1 atom stereocenters. The maximum Gasteiger partial charge on any atom is 0.245 e. The molecule has 1 aliphatic rings. The number of hydrogen-bond acceptors (Lipinski definition) is 5. The highest BCUT2D eigenvalue weighted by Gasteiger charge is 2.20. The molecule has 2 heterocycles. The number of H-pyrrole nitrogens is 1. The molecule has 0 aliphatic carbocycles. The fourth-order valence-corrected chi connectivity index (χ4v) is 2.32. The predicted molar refractivity (Wildman–Crippen MR) is 73.1 cm³/mol. The van der Waals surface area contributed by atoms with Crippen LogP contribution in [0.3, 0.4) is 0 Å². The van der Waals surface area contributed by atoms with Gasteiger partial charge in [0.1, 0.15) is 11.6 Å². The number of phenolic OH excluding ortho intramolecular Hbond substituents is 1. The average molecular weight is 277 g/mol. The summed E-state index contributed by atoms with van der Waals surface area (Å²) in [5.41, 5.74) is 0.296. The summed E-state index contributed by atoms with van der Waals surface area (Å²) in [5.74, 6) is 0.299. The lowest BCUT2D eigenvalue weighted by Gasteiger charge is -2.30. The Morgan fingerprint density at radius 1 is 1.45 bits per heavy atom. The Bertz CT molecular complexity index is 615. The fourth-order valence-electron chi connectivity index (χ4n) is 2.32. The summed E-state index contributed by atoms with van der Waals surface area (Å²) in [4.78, 5) is 6.39. The molecule has 3 rings (SSSR count). The number of rotatable bonds is 2. The van der Waals surface area contributed by atoms with Crippen molar-refractivity contribution in [2.45, 2.75) is 13.0 Å². The van der Waals surface area contributed by atoms with Gasteiger partial charge >= 0.3 is 0 Å². The third-order valence-electron chi connectivity index (χ3n) is 3.33. The molecule has 0 radical (unpaired) electrons. The van der Waals surface area contributed by atoms with Crippen molar-refractivity contribution in [3.05, 3.63) is 24.0 Å². The number of anilines is 1. The van der Waals surface area contributed by atoms with E-state index in [0.717, 1.165) is 25.7 Å². The number of piperazine rings is 1. The highest BCUT2D eigenvalue weighted by atomic mass is 19.1. The molecule has 0 bridgehead atoms. The zero-order valence-electron chi connectivity index (χ0n) is 11.1. The number of nitrogens with zero attached hydrogens (tertiary/aromatic N) is 3. The standard InChI is InChI=1S/C13H16FN5O/c1-8-7-19(5-4-15-8)13-16-12(17-18-13)10-3-2-9(20)6-11(10)14/h2-3,6,8,15,20H,4-5,7H2,1H3,(H,16,17,18)/t8-/m1/s1. The number of hydrogen-bond donors (Lipinski definition) is 3. The average Bonchev–Trinajstić information content (AvgIpc) is 2.88. The zero-order valence-corrected chi connectivity index (χ0v) is 11.1. The largest absolute Gasteiger partial charge is 0.508 e. The van der Waals surface area contributed by atoms with E-state index in [9.17, 15) is 9.50 Å². The van der Waals surface area contributed by atoms with Crippen molar-refractivity contribution in [2.24, 2.45) is 0 Å². The molecule has 20 heavy (non-hydrogen) atoms. The lowest BCUT2D eigenvalue weighted by molar-refractivity contribution is 0.469. The van der Waals surface area contributed by atoms with E-state index in [-0.39, 0.29) is 5.75 Å². The molecule has 1 aliphatic heterocycles. The monoisotopic (exact) mass is 277 g/mol. The van der Waals surface area contributed by atoms with Crippen LogP contribution in [0.4, 0.5) is 10.3 Å². The summed E-state index contributed by atoms with van der Waals surface area (Å²) in [6, 6.07) is 4.34. The Morgan fingerprint density at radius 2 is 2.30 bits per heavy atom. The minimum Gasteiger partial charge on any atom is -0.508 e. The van der Waals surface area contributed by atoms with Crippen LogP contribution in [0, 0.1) is 5.82 Å². The first-order valence-electron chi connectivity index (χ1n) is 6.53. The fraction of sp³-hybridized carbons (Fsp3) is 0.385. The van der Waals surface area contributed by atoms with Crippen LogP contribution in [-0.4, -0.2) is 46.0 Å². The third-order valence-corrected chi connectivity index (χ3v) is 3.33. The molecule has 1 aromatic heterocycles. The lowest BCUT2D eigenvalue weighted by atomic mass is 10.2. The number of aromatic hydroxyl groups is 1. The van der Waals surface area contributed by atoms with E-state index in [1.807, 2.05) is 0 Å². The number of aromatic amines is 1. The van der Waals surface area contributed by atoms with Crippen LogP contribution < -0.4 is 10.2 Å². The van der Waals surface area contributed by atoms with Crippen molar-refractivity contribution in [3.8, 4) is 17.1 Å². The van der Waals surface area contributed by atoms with Gasteiger partial charge < -0.3 is 15.3 Å². The summed E-state index contributed by atoms with van der Waals surface area (Å²) in [7, 11) is 0. The summed E-state index contributed by atoms with van der Waals surface area (Å²) in [5, 5.41) is 19.5. The van der Waals surface area contributed by atoms with Crippen molar-refractivity contribution in [1.29, 1.82) is 0 Å². The van der Waals surface area contributed by atoms with Gasteiger partial charge in [0.15, 0.2) is 5.82 Å². The first-order chi connectivity index (χ1) is 9.63. The van der Waals surface area contributed by atoms with Crippen LogP contribution in [-0.2, 0) is 0 Å². The maximum absolute atomic E-state index is 13.8. The highest BCUT2D eigenvalue weighted by molar-refractivity contribution is 5.58. The van der Waals surface area contributed by atoms with Gasteiger partial charge in [-0.25, -0.2) is 4.39 Å². The van der Waals surface area contributed by atoms with Gasteiger partial charge in [-0.1, -0.05) is 0 Å². The van der Waals surface area contributed by atoms with Crippen LogP contribution in [0.5, 0.6) is 5.75 Å². The van der Waals surface area contributed by atoms with Crippen molar-refractivity contribution >= 4 is 5.95 Å². The number of halogens is 1. The summed E-state index contributed by atoms with van der Waals surface area (Å²) in [6.45, 7) is 4.60. The van der Waals surface area contributed by atoms with E-state index < -0.39 is 5.82 Å². The van der Waals surface area contributed by atoms with E-state index in [1.54, 1.807) is 0 Å². The molecule has 1 fully saturated rings. The quantitative estimate of drug-likeness (QED) is 0.766. The Morgan fingerprint density at radius 3 is 3.05 bits per heavy atom. The Kier molecular flexibility index (Phi) is 3.27. The Labute approximate surface area is 115 Å². The van der Waals surface area contributed by atoms with Crippen LogP contribution in [0.2, 0.25) is 0 Å². The molecule has 0 spiro atoms. The van der Waals surface area contributed by atoms with E-state index in [1.165, 1.54) is 12.1 Å². The first kappa shape index (κ1) is 12.9. The van der Waals surface area contributed by atoms with Crippen LogP contribution in [0.1, 0.15) is 6.92 Å². The molecule has 0 saturated carbocycles. The molecule has 3 N–H and O–H groups in total. The number of nitrogens with one attached hydrogen (secondary N) is 2. The second kappa shape index (κ2) is 5.09. The van der Waals surface area contributed by atoms with Gasteiger partial charge in [-0.05, 0) is 19.1 Å². The Balaban J connectivity index is 1.86. The van der Waals surface area contributed by atoms with Gasteiger partial charge in [-0.2, -0.15) is 4.98 Å². The lowest BCUT2D eigenvalue weighted by Crippen LogP contribution is -2.49. The molecule has 1 aromatic carbocycles. The maximum atomic E-state index is 13.8. The second-order valence-corrected chi connectivity index (χ2v) is 4.95. The van der Waals surface area contributed by atoms with E-state index >= 15 is 0 Å². The minimum atomic E-state index is -0.527. The van der Waals surface area contributed by atoms with Gasteiger partial charge in [-0.3, -0.25) is 5.10 Å². The van der Waals surface area contributed by atoms with Gasteiger partial charge in [0.2, 0.25) is 5.95 Å². The molecule has 0 unspecified atom stereocenters. The zero-order chi connectivity index (χ0) is 14.1. The number of aromatic nitrogens is 3. The third kappa shape index (κ3) is 2.44. The van der Waals surface area contributed by atoms with Gasteiger partial charge in [0.05, 0.1) is 5.56 Å². The summed E-state index contributed by atoms with van der Waals surface area (Å²) >= 11 is 0. The van der Waals surface area contributed by atoms with E-state index in [4.69, 9.17) is 0 Å². The highest BCUT2D eigenvalue weighted by Crippen LogP contribution is 2.24. The van der Waals surface area contributed by atoms with E-state index in [0.29, 0.717) is 23.4 Å². The summed E-state index contributed by atoms with van der Waals surface area (Å²) < 4.78 is 13.8. The molecule has 1 saturated heterocycles. The predicted octanol–water partition coefficient (Wildman–Crippen LogP) is 1.11. The smallest absolute Gasteiger partial charge is 0.245 e. The van der Waals surface area contributed by atoms with Crippen molar-refractivity contribution in [2.75, 3.05) is 24.5 Å². The van der Waals surface area contributed by atoms with Crippen molar-refractivity contribution < 1.29 is 9.50 Å². The molecule has 106 valence electrons. The van der Waals surface area contributed by atoms with Crippen LogP contribution in [0.15, 0.2) is 18.2 Å². The molecular formula is C13H16FN5O. The SMILES string of the molecule is C[C@@H]1CN(c2n[nH]c(-c3ccc(O)cc3F)n2)CCN1.